The quantitative estimate of drug-likeness (QED) is 0.389. The van der Waals surface area contributed by atoms with E-state index in [1.165, 1.54) is 0 Å². The van der Waals surface area contributed by atoms with E-state index in [2.05, 4.69) is 0 Å². The molecule has 0 N–H and O–H groups in total. The zero-order chi connectivity index (χ0) is 6.41. The molecule has 0 rings (SSSR count). The predicted octanol–water partition coefficient (Wildman–Crippen LogP) is 1.43. The van der Waals surface area contributed by atoms with Gasteiger partial charge in [0.25, 0.3) is 0 Å². The lowest BCUT2D eigenvalue weighted by Crippen LogP contribution is -2.11. The van der Waals surface area contributed by atoms with Crippen LogP contribution in [0, 0.1) is 0 Å². The van der Waals surface area contributed by atoms with Crippen LogP contribution in [0.3, 0.4) is 0 Å². The van der Waals surface area contributed by atoms with Crippen molar-refractivity contribution < 1.29 is 8.97 Å². The molecule has 0 atom stereocenters. The number of hydrogen-bond donors (Lipinski definition) is 0. The van der Waals surface area contributed by atoms with Gasteiger partial charge in [-0.2, -0.15) is 0 Å². The first kappa shape index (κ1) is 7.60. The second-order valence-corrected chi connectivity index (χ2v) is 1.73. The first-order valence-corrected chi connectivity index (χ1v) is 3.02. The number of nitrogens with zero attached hydrogens (tertiary/aromatic N) is 1. The Morgan fingerprint density at radius 1 is 1.50 bits per heavy atom. The summed E-state index contributed by atoms with van der Waals surface area (Å²) in [4.78, 5) is 0. The average molecular weight is 118 g/mol. The lowest BCUT2D eigenvalue weighted by Gasteiger charge is -1.91. The van der Waals surface area contributed by atoms with Crippen molar-refractivity contribution in [3.8, 4) is 0 Å². The lowest BCUT2D eigenvalue weighted by molar-refractivity contribution is -0.524. The molecule has 8 heavy (non-hydrogen) atoms. The van der Waals surface area contributed by atoms with E-state index in [1.54, 1.807) is 4.58 Å². The fraction of sp³-hybridized carbons (Fsp3) is 0.833. The van der Waals surface area contributed by atoms with Crippen LogP contribution >= 0.6 is 0 Å². The van der Waals surface area contributed by atoms with Crippen molar-refractivity contribution in [1.82, 2.24) is 0 Å². The Balaban J connectivity index is 3.38. The van der Waals surface area contributed by atoms with Gasteiger partial charge in [-0.1, -0.05) is 6.92 Å². The fourth-order valence-electron chi connectivity index (χ4n) is 0.563. The van der Waals surface area contributed by atoms with E-state index < -0.39 is 0 Å². The van der Waals surface area contributed by atoms with Crippen LogP contribution in [-0.4, -0.2) is 24.1 Å². The first-order chi connectivity index (χ1) is 3.85. The SMILES string of the molecule is CCC[N+](=CF)CC. The summed E-state index contributed by atoms with van der Waals surface area (Å²) in [5, 5.41) is 0. The largest absolute Gasteiger partial charge is 0.316 e. The van der Waals surface area contributed by atoms with E-state index in [4.69, 9.17) is 0 Å². The molecule has 1 nitrogen and oxygen atoms in total. The minimum Gasteiger partial charge on any atom is -0.212 e. The van der Waals surface area contributed by atoms with Gasteiger partial charge in [0.05, 0.1) is 0 Å². The van der Waals surface area contributed by atoms with Gasteiger partial charge >= 0.3 is 6.47 Å². The van der Waals surface area contributed by atoms with Crippen molar-refractivity contribution in [3.63, 3.8) is 0 Å². The number of rotatable bonds is 3. The van der Waals surface area contributed by atoms with E-state index >= 15 is 0 Å². The third kappa shape index (κ3) is 2.72. The molecule has 0 bridgehead atoms. The molecule has 0 aliphatic heterocycles. The standard InChI is InChI=1S/C6H13FN/c1-3-5-8(4-2)6-7/h6H,3-5H2,1-2H3/q+1. The summed E-state index contributed by atoms with van der Waals surface area (Å²) in [6.07, 6.45) is 1.01. The summed E-state index contributed by atoms with van der Waals surface area (Å²) in [7, 11) is 0. The Kier molecular flexibility index (Phi) is 4.51. The molecule has 2 heteroatoms. The van der Waals surface area contributed by atoms with Crippen LogP contribution in [0.25, 0.3) is 0 Å². The summed E-state index contributed by atoms with van der Waals surface area (Å²) >= 11 is 0. The maximum atomic E-state index is 11.6. The Labute approximate surface area is 49.8 Å². The number of hydrogen-bond acceptors (Lipinski definition) is 0. The molecule has 0 saturated carbocycles. The van der Waals surface area contributed by atoms with E-state index in [1.807, 2.05) is 13.8 Å². The molecule has 0 saturated heterocycles. The molecule has 0 aromatic rings. The highest BCUT2D eigenvalue weighted by Gasteiger charge is 1.94. The monoisotopic (exact) mass is 118 g/mol. The Bertz CT molecular complexity index is 78.6. The molecule has 0 aliphatic carbocycles. The van der Waals surface area contributed by atoms with E-state index in [-0.39, 0.29) is 0 Å². The van der Waals surface area contributed by atoms with Crippen LogP contribution in [0.5, 0.6) is 0 Å². The highest BCUT2D eigenvalue weighted by atomic mass is 19.1. The fourth-order valence-corrected chi connectivity index (χ4v) is 0.563. The Morgan fingerprint density at radius 3 is 2.25 bits per heavy atom. The highest BCUT2D eigenvalue weighted by Crippen LogP contribution is 1.78. The Hall–Kier alpha value is -0.400. The molecule has 0 heterocycles. The summed E-state index contributed by atoms with van der Waals surface area (Å²) in [5.41, 5.74) is 0. The van der Waals surface area contributed by atoms with Crippen molar-refractivity contribution in [3.05, 3.63) is 0 Å². The first-order valence-electron chi connectivity index (χ1n) is 3.02. The highest BCUT2D eigenvalue weighted by molar-refractivity contribution is 5.36. The van der Waals surface area contributed by atoms with Crippen molar-refractivity contribution in [2.24, 2.45) is 0 Å². The summed E-state index contributed by atoms with van der Waals surface area (Å²) < 4.78 is 13.3. The lowest BCUT2D eigenvalue weighted by atomic mass is 10.5. The molecule has 0 unspecified atom stereocenters. The topological polar surface area (TPSA) is 3.01 Å². The molecule has 48 valence electrons. The minimum absolute atomic E-state index is 0.642. The smallest absolute Gasteiger partial charge is 0.212 e. The maximum absolute atomic E-state index is 11.6. The molecule has 0 aromatic carbocycles. The second-order valence-electron chi connectivity index (χ2n) is 1.73. The van der Waals surface area contributed by atoms with Gasteiger partial charge in [0.1, 0.15) is 13.1 Å². The molecule has 0 aromatic heterocycles. The third-order valence-electron chi connectivity index (χ3n) is 1.06. The average Bonchev–Trinajstić information content (AvgIpc) is 1.83. The van der Waals surface area contributed by atoms with Gasteiger partial charge in [-0.05, 0) is 6.92 Å². The molecule has 0 amide bonds. The number of halogens is 1. The van der Waals surface area contributed by atoms with Gasteiger partial charge in [0.15, 0.2) is 0 Å². The minimum atomic E-state index is 0.642. The van der Waals surface area contributed by atoms with Gasteiger partial charge in [0, 0.05) is 6.42 Å². The summed E-state index contributed by atoms with van der Waals surface area (Å²) in [6, 6.07) is 0. The van der Waals surface area contributed by atoms with Crippen molar-refractivity contribution in [2.45, 2.75) is 20.3 Å². The molecular weight excluding hydrogens is 105 g/mol. The molecule has 0 fully saturated rings. The Morgan fingerprint density at radius 2 is 2.12 bits per heavy atom. The van der Waals surface area contributed by atoms with Crippen LogP contribution in [0.1, 0.15) is 20.3 Å². The van der Waals surface area contributed by atoms with E-state index in [0.717, 1.165) is 19.5 Å². The normalized spacial score (nSPS) is 12.1. The third-order valence-corrected chi connectivity index (χ3v) is 1.06. The van der Waals surface area contributed by atoms with Gasteiger partial charge in [-0.3, -0.25) is 0 Å². The van der Waals surface area contributed by atoms with Crippen molar-refractivity contribution in [1.29, 1.82) is 0 Å². The molecule has 0 spiro atoms. The van der Waals surface area contributed by atoms with Crippen LogP contribution in [0.2, 0.25) is 0 Å². The van der Waals surface area contributed by atoms with Crippen molar-refractivity contribution >= 4 is 6.47 Å². The van der Waals surface area contributed by atoms with Gasteiger partial charge in [-0.25, -0.2) is 4.58 Å². The van der Waals surface area contributed by atoms with Crippen LogP contribution in [0.4, 0.5) is 4.39 Å². The molecule has 0 aliphatic rings. The zero-order valence-corrected chi connectivity index (χ0v) is 5.52. The van der Waals surface area contributed by atoms with Gasteiger partial charge in [0.2, 0.25) is 0 Å². The van der Waals surface area contributed by atoms with E-state index in [0.29, 0.717) is 6.47 Å². The van der Waals surface area contributed by atoms with E-state index in [9.17, 15) is 4.39 Å². The van der Waals surface area contributed by atoms with Crippen LogP contribution in [0.15, 0.2) is 0 Å². The van der Waals surface area contributed by atoms with Gasteiger partial charge in [-0.15, -0.1) is 4.39 Å². The van der Waals surface area contributed by atoms with Crippen LogP contribution in [-0.2, 0) is 0 Å². The summed E-state index contributed by atoms with van der Waals surface area (Å²) in [5.74, 6) is 0. The van der Waals surface area contributed by atoms with Crippen LogP contribution < -0.4 is 0 Å². The second kappa shape index (κ2) is 4.75. The zero-order valence-electron chi connectivity index (χ0n) is 5.52. The maximum Gasteiger partial charge on any atom is 0.316 e. The van der Waals surface area contributed by atoms with Gasteiger partial charge < -0.3 is 0 Å². The predicted molar refractivity (Wildman–Crippen MR) is 33.1 cm³/mol. The summed E-state index contributed by atoms with van der Waals surface area (Å²) in [6.45, 7) is 6.21. The molecule has 0 radical (unpaired) electrons. The molecular formula is C6H13FN+. The van der Waals surface area contributed by atoms with Crippen molar-refractivity contribution in [2.75, 3.05) is 13.1 Å².